The molecule has 242 valence electrons. The van der Waals surface area contributed by atoms with E-state index in [-0.39, 0.29) is 17.0 Å². The van der Waals surface area contributed by atoms with Gasteiger partial charge in [-0.05, 0) is 150 Å². The highest BCUT2D eigenvalue weighted by atomic mass is 16.6. The van der Waals surface area contributed by atoms with E-state index in [0.29, 0.717) is 16.7 Å². The number of hydrogen-bond donors (Lipinski definition) is 1. The fourth-order valence-electron chi connectivity index (χ4n) is 11.4. The first-order chi connectivity index (χ1) is 19.5. The van der Waals surface area contributed by atoms with Crippen LogP contribution in [0, 0.1) is 51.8 Å². The molecule has 0 aromatic carbocycles. The molecular formula is C39H69NO2. The van der Waals surface area contributed by atoms with Crippen LogP contribution in [0.1, 0.15) is 166 Å². The molecule has 4 aliphatic rings. The SMILES string of the molecule is CC[C@H](CC[C@@H](C)[C@H]1CC[C@]2(CC(C)(CC)NC(=O)OC(C)(C)C)[C@H]3CC=C4CCCC[C@]4(C)[C@H]3CC[C@]12C)C(C)C. The van der Waals surface area contributed by atoms with E-state index in [0.717, 1.165) is 42.4 Å². The standard InChI is InChI=1S/C39H69NO2/c1-12-29(27(3)4)18-17-28(5)31-22-25-39(26-36(9,13-2)40-34(41)42-35(6,7)8)33-20-19-30-16-14-15-23-37(30,10)32(33)21-24-38(31,39)11/h19,27-29,31-33H,12-18,20-26H2,1-11H3,(H,40,41)/t28-,29-,31-,32+,33+,36?,37+,38-,39+/m1/s1. The normalized spacial score (nSPS) is 37.5. The van der Waals surface area contributed by atoms with Gasteiger partial charge >= 0.3 is 6.09 Å². The van der Waals surface area contributed by atoms with Crippen molar-refractivity contribution in [1.82, 2.24) is 5.32 Å². The lowest BCUT2D eigenvalue weighted by Crippen LogP contribution is -2.60. The minimum atomic E-state index is -0.484. The number of alkyl carbamates (subject to hydrolysis) is 1. The molecule has 1 N–H and O–H groups in total. The molecule has 4 rings (SSSR count). The molecule has 42 heavy (non-hydrogen) atoms. The summed E-state index contributed by atoms with van der Waals surface area (Å²) in [4.78, 5) is 13.2. The molecule has 3 fully saturated rings. The maximum atomic E-state index is 13.2. The summed E-state index contributed by atoms with van der Waals surface area (Å²) in [6.07, 6.45) is 20.7. The van der Waals surface area contributed by atoms with Gasteiger partial charge in [0.2, 0.25) is 0 Å². The van der Waals surface area contributed by atoms with Gasteiger partial charge in [-0.15, -0.1) is 0 Å². The van der Waals surface area contributed by atoms with Crippen molar-refractivity contribution in [2.75, 3.05) is 0 Å². The van der Waals surface area contributed by atoms with Crippen LogP contribution >= 0.6 is 0 Å². The highest BCUT2D eigenvalue weighted by molar-refractivity contribution is 5.68. The van der Waals surface area contributed by atoms with Gasteiger partial charge < -0.3 is 10.1 Å². The van der Waals surface area contributed by atoms with Gasteiger partial charge in [0.1, 0.15) is 5.60 Å². The van der Waals surface area contributed by atoms with Crippen molar-refractivity contribution in [3.05, 3.63) is 11.6 Å². The molecule has 0 radical (unpaired) electrons. The van der Waals surface area contributed by atoms with Crippen molar-refractivity contribution in [2.45, 2.75) is 177 Å². The lowest BCUT2D eigenvalue weighted by Gasteiger charge is -2.65. The topological polar surface area (TPSA) is 38.3 Å². The number of nitrogens with one attached hydrogen (secondary N) is 1. The number of hydrogen-bond acceptors (Lipinski definition) is 2. The second-order valence-corrected chi connectivity index (χ2v) is 17.7. The van der Waals surface area contributed by atoms with E-state index < -0.39 is 5.60 Å². The maximum absolute atomic E-state index is 13.2. The Bertz CT molecular complexity index is 977. The van der Waals surface area contributed by atoms with E-state index in [1.54, 1.807) is 5.57 Å². The number of ether oxygens (including phenoxy) is 1. The van der Waals surface area contributed by atoms with E-state index in [1.165, 1.54) is 77.0 Å². The van der Waals surface area contributed by atoms with Crippen LogP contribution in [0.4, 0.5) is 4.79 Å². The van der Waals surface area contributed by atoms with Crippen LogP contribution in [0.2, 0.25) is 0 Å². The minimum Gasteiger partial charge on any atom is -0.444 e. The number of allylic oxidation sites excluding steroid dienone is 2. The summed E-state index contributed by atoms with van der Waals surface area (Å²) in [7, 11) is 0. The third kappa shape index (κ3) is 6.24. The van der Waals surface area contributed by atoms with Crippen molar-refractivity contribution in [1.29, 1.82) is 0 Å². The number of amides is 1. The van der Waals surface area contributed by atoms with Gasteiger partial charge in [0.25, 0.3) is 0 Å². The second-order valence-electron chi connectivity index (χ2n) is 17.7. The quantitative estimate of drug-likeness (QED) is 0.260. The molecule has 3 saturated carbocycles. The number of rotatable bonds is 10. The molecule has 1 amide bonds. The summed E-state index contributed by atoms with van der Waals surface area (Å²) < 4.78 is 5.84. The Morgan fingerprint density at radius 2 is 1.71 bits per heavy atom. The van der Waals surface area contributed by atoms with Crippen molar-refractivity contribution < 1.29 is 9.53 Å². The van der Waals surface area contributed by atoms with Crippen LogP contribution < -0.4 is 5.32 Å². The zero-order chi connectivity index (χ0) is 31.1. The summed E-state index contributed by atoms with van der Waals surface area (Å²) in [6, 6.07) is 0. The monoisotopic (exact) mass is 584 g/mol. The number of carbonyl (C=O) groups is 1. The van der Waals surface area contributed by atoms with Crippen LogP contribution in [0.15, 0.2) is 11.6 Å². The summed E-state index contributed by atoms with van der Waals surface area (Å²) in [5.41, 5.74) is 1.98. The van der Waals surface area contributed by atoms with Gasteiger partial charge in [-0.1, -0.05) is 79.4 Å². The fourth-order valence-corrected chi connectivity index (χ4v) is 11.4. The molecule has 0 saturated heterocycles. The molecule has 0 bridgehead atoms. The Morgan fingerprint density at radius 1 is 1.00 bits per heavy atom. The second kappa shape index (κ2) is 12.4. The summed E-state index contributed by atoms with van der Waals surface area (Å²) in [5, 5.41) is 3.46. The third-order valence-corrected chi connectivity index (χ3v) is 14.0. The molecule has 0 spiro atoms. The zero-order valence-electron chi connectivity index (χ0n) is 29.8. The smallest absolute Gasteiger partial charge is 0.408 e. The lowest BCUT2D eigenvalue weighted by atomic mass is 9.40. The predicted octanol–water partition coefficient (Wildman–Crippen LogP) is 11.5. The van der Waals surface area contributed by atoms with Gasteiger partial charge in [-0.3, -0.25) is 0 Å². The van der Waals surface area contributed by atoms with E-state index in [9.17, 15) is 4.79 Å². The highest BCUT2D eigenvalue weighted by Gasteiger charge is 2.67. The van der Waals surface area contributed by atoms with Gasteiger partial charge in [-0.25, -0.2) is 4.79 Å². The lowest BCUT2D eigenvalue weighted by molar-refractivity contribution is -0.135. The summed E-state index contributed by atoms with van der Waals surface area (Å²) in [5.74, 6) is 4.65. The molecule has 0 aromatic rings. The number of carbonyl (C=O) groups excluding carboxylic acids is 1. The van der Waals surface area contributed by atoms with Crippen LogP contribution in [0.25, 0.3) is 0 Å². The highest BCUT2D eigenvalue weighted by Crippen LogP contribution is 2.74. The third-order valence-electron chi connectivity index (χ3n) is 14.0. The van der Waals surface area contributed by atoms with E-state index in [4.69, 9.17) is 4.74 Å². The van der Waals surface area contributed by atoms with E-state index >= 15 is 0 Å². The average molecular weight is 584 g/mol. The van der Waals surface area contributed by atoms with Crippen molar-refractivity contribution in [2.24, 2.45) is 51.8 Å². The van der Waals surface area contributed by atoms with Crippen molar-refractivity contribution in [3.63, 3.8) is 0 Å². The fraction of sp³-hybridized carbons (Fsp3) is 0.923. The first-order valence-corrected chi connectivity index (χ1v) is 18.2. The molecule has 3 nitrogen and oxygen atoms in total. The molecule has 0 aliphatic heterocycles. The molecule has 1 unspecified atom stereocenters. The first-order valence-electron chi connectivity index (χ1n) is 18.2. The average Bonchev–Trinajstić information content (AvgIpc) is 3.19. The Balaban J connectivity index is 1.70. The van der Waals surface area contributed by atoms with E-state index in [1.807, 2.05) is 20.8 Å². The van der Waals surface area contributed by atoms with Gasteiger partial charge in [-0.2, -0.15) is 0 Å². The molecule has 4 aliphatic carbocycles. The van der Waals surface area contributed by atoms with Crippen molar-refractivity contribution >= 4 is 6.09 Å². The van der Waals surface area contributed by atoms with Crippen LogP contribution in [-0.4, -0.2) is 17.2 Å². The Morgan fingerprint density at radius 3 is 2.33 bits per heavy atom. The van der Waals surface area contributed by atoms with Crippen LogP contribution in [0.5, 0.6) is 0 Å². The van der Waals surface area contributed by atoms with E-state index in [2.05, 4.69) is 66.8 Å². The first kappa shape index (κ1) is 33.9. The number of fused-ring (bicyclic) bond motifs is 5. The van der Waals surface area contributed by atoms with Gasteiger partial charge in [0.15, 0.2) is 0 Å². The molecule has 9 atom stereocenters. The van der Waals surface area contributed by atoms with Gasteiger partial charge in [0.05, 0.1) is 0 Å². The van der Waals surface area contributed by atoms with Gasteiger partial charge in [0, 0.05) is 5.54 Å². The molecule has 3 heteroatoms. The Hall–Kier alpha value is -0.990. The Kier molecular flexibility index (Phi) is 10.0. The predicted molar refractivity (Wildman–Crippen MR) is 178 cm³/mol. The van der Waals surface area contributed by atoms with Crippen molar-refractivity contribution in [3.8, 4) is 0 Å². The molecular weight excluding hydrogens is 514 g/mol. The zero-order valence-corrected chi connectivity index (χ0v) is 29.8. The summed E-state index contributed by atoms with van der Waals surface area (Å²) in [6.45, 7) is 25.7. The minimum absolute atomic E-state index is 0.246. The molecule has 0 aromatic heterocycles. The summed E-state index contributed by atoms with van der Waals surface area (Å²) >= 11 is 0. The largest absolute Gasteiger partial charge is 0.444 e. The molecule has 0 heterocycles. The Labute approximate surface area is 261 Å². The van der Waals surface area contributed by atoms with Crippen LogP contribution in [-0.2, 0) is 4.74 Å². The van der Waals surface area contributed by atoms with Crippen LogP contribution in [0.3, 0.4) is 0 Å². The maximum Gasteiger partial charge on any atom is 0.408 e.